The van der Waals surface area contributed by atoms with Crippen molar-refractivity contribution in [1.29, 1.82) is 0 Å². The summed E-state index contributed by atoms with van der Waals surface area (Å²) in [5.74, 6) is 2.41. The van der Waals surface area contributed by atoms with Crippen LogP contribution in [-0.2, 0) is 16.0 Å². The number of hydrogen-bond donors (Lipinski definition) is 1. The third-order valence-electron chi connectivity index (χ3n) is 3.94. The second kappa shape index (κ2) is 9.69. The highest BCUT2D eigenvalue weighted by Crippen LogP contribution is 2.16. The van der Waals surface area contributed by atoms with Gasteiger partial charge < -0.3 is 14.6 Å². The Morgan fingerprint density at radius 2 is 2.39 bits per heavy atom. The van der Waals surface area contributed by atoms with Gasteiger partial charge in [0.25, 0.3) is 0 Å². The number of ether oxygens (including phenoxy) is 2. The summed E-state index contributed by atoms with van der Waals surface area (Å²) >= 11 is 0. The molecule has 23 heavy (non-hydrogen) atoms. The molecule has 2 rings (SSSR count). The Morgan fingerprint density at radius 1 is 1.52 bits per heavy atom. The number of aliphatic hydroxyl groups is 1. The van der Waals surface area contributed by atoms with Crippen molar-refractivity contribution >= 4 is 0 Å². The summed E-state index contributed by atoms with van der Waals surface area (Å²) in [5, 5.41) is 10.2. The molecule has 1 saturated heterocycles. The van der Waals surface area contributed by atoms with Crippen LogP contribution in [0.15, 0.2) is 24.3 Å². The monoisotopic (exact) mass is 317 g/mol. The zero-order valence-corrected chi connectivity index (χ0v) is 13.9. The van der Waals surface area contributed by atoms with E-state index in [0.29, 0.717) is 6.54 Å². The first-order chi connectivity index (χ1) is 11.2. The van der Waals surface area contributed by atoms with E-state index in [1.54, 1.807) is 0 Å². The molecule has 0 bridgehead atoms. The molecule has 4 heteroatoms. The molecule has 1 aromatic rings. The van der Waals surface area contributed by atoms with E-state index in [-0.39, 0.29) is 19.3 Å². The van der Waals surface area contributed by atoms with Crippen molar-refractivity contribution in [2.24, 2.45) is 0 Å². The van der Waals surface area contributed by atoms with Crippen LogP contribution in [0.3, 0.4) is 0 Å². The van der Waals surface area contributed by atoms with Crippen molar-refractivity contribution in [2.75, 3.05) is 32.9 Å². The van der Waals surface area contributed by atoms with Crippen LogP contribution in [0.1, 0.15) is 24.0 Å². The van der Waals surface area contributed by atoms with Gasteiger partial charge in [-0.2, -0.15) is 0 Å². The summed E-state index contributed by atoms with van der Waals surface area (Å²) < 4.78 is 11.0. The van der Waals surface area contributed by atoms with Gasteiger partial charge in [0.05, 0.1) is 18.8 Å². The zero-order valence-electron chi connectivity index (χ0n) is 13.9. The average molecular weight is 317 g/mol. The second-order valence-corrected chi connectivity index (χ2v) is 6.19. The Bertz CT molecular complexity index is 506. The molecule has 0 aliphatic carbocycles. The van der Waals surface area contributed by atoms with Gasteiger partial charge in [0.2, 0.25) is 0 Å². The standard InChI is InChI=1S/C19H27NO3/c1-3-9-22-15-18(21)13-20(14-19-8-5-10-23-19)12-17-7-4-6-16(2)11-17/h1,4,6-7,11,18-19,21H,5,8-10,12-15H2,2H3/t18-,19-/m1/s1. The molecule has 0 unspecified atom stereocenters. The molecule has 1 aromatic carbocycles. The lowest BCUT2D eigenvalue weighted by atomic mass is 10.1. The van der Waals surface area contributed by atoms with Crippen LogP contribution in [-0.4, -0.2) is 55.1 Å². The minimum atomic E-state index is -0.547. The number of aliphatic hydroxyl groups excluding tert-OH is 1. The maximum atomic E-state index is 10.2. The van der Waals surface area contributed by atoms with Gasteiger partial charge in [0.1, 0.15) is 6.61 Å². The highest BCUT2D eigenvalue weighted by Gasteiger charge is 2.21. The molecule has 0 aromatic heterocycles. The largest absolute Gasteiger partial charge is 0.389 e. The fourth-order valence-corrected chi connectivity index (χ4v) is 2.95. The van der Waals surface area contributed by atoms with Gasteiger partial charge in [-0.1, -0.05) is 35.7 Å². The molecule has 1 N–H and O–H groups in total. The summed E-state index contributed by atoms with van der Waals surface area (Å²) in [6, 6.07) is 8.47. The van der Waals surface area contributed by atoms with E-state index < -0.39 is 6.10 Å². The van der Waals surface area contributed by atoms with Crippen LogP contribution in [0.25, 0.3) is 0 Å². The molecule has 0 saturated carbocycles. The molecule has 0 radical (unpaired) electrons. The Kier molecular flexibility index (Phi) is 7.57. The van der Waals surface area contributed by atoms with Crippen molar-refractivity contribution in [1.82, 2.24) is 4.90 Å². The van der Waals surface area contributed by atoms with Crippen LogP contribution in [0.2, 0.25) is 0 Å². The minimum absolute atomic E-state index is 0.237. The molecule has 2 atom stereocenters. The fourth-order valence-electron chi connectivity index (χ4n) is 2.95. The van der Waals surface area contributed by atoms with E-state index in [0.717, 1.165) is 32.5 Å². The SMILES string of the molecule is C#CCOC[C@H](O)CN(Cc1cccc(C)c1)C[C@H]1CCCO1. The summed E-state index contributed by atoms with van der Waals surface area (Å²) in [7, 11) is 0. The van der Waals surface area contributed by atoms with Crippen LogP contribution >= 0.6 is 0 Å². The van der Waals surface area contributed by atoms with Crippen molar-refractivity contribution in [3.8, 4) is 12.3 Å². The van der Waals surface area contributed by atoms with Gasteiger partial charge in [-0.3, -0.25) is 4.90 Å². The van der Waals surface area contributed by atoms with Crippen molar-refractivity contribution in [2.45, 2.75) is 38.5 Å². The smallest absolute Gasteiger partial charge is 0.107 e. The summed E-state index contributed by atoms with van der Waals surface area (Å²) in [5.41, 5.74) is 2.50. The van der Waals surface area contributed by atoms with Crippen LogP contribution in [0.4, 0.5) is 0 Å². The van der Waals surface area contributed by atoms with Crippen LogP contribution < -0.4 is 0 Å². The zero-order chi connectivity index (χ0) is 16.5. The first-order valence-electron chi connectivity index (χ1n) is 8.26. The van der Waals surface area contributed by atoms with Crippen molar-refractivity contribution < 1.29 is 14.6 Å². The minimum Gasteiger partial charge on any atom is -0.389 e. The lowest BCUT2D eigenvalue weighted by molar-refractivity contribution is 0.00955. The Balaban J connectivity index is 1.91. The molecule has 1 fully saturated rings. The number of rotatable bonds is 9. The van der Waals surface area contributed by atoms with E-state index in [1.807, 2.05) is 0 Å². The van der Waals surface area contributed by atoms with Crippen LogP contribution in [0, 0.1) is 19.3 Å². The maximum Gasteiger partial charge on any atom is 0.107 e. The molecule has 4 nitrogen and oxygen atoms in total. The molecule has 1 aliphatic heterocycles. The van der Waals surface area contributed by atoms with Crippen molar-refractivity contribution in [3.63, 3.8) is 0 Å². The first kappa shape index (κ1) is 18.0. The Hall–Kier alpha value is -1.38. The normalized spacial score (nSPS) is 19.0. The van der Waals surface area contributed by atoms with E-state index in [9.17, 15) is 5.11 Å². The Labute approximate surface area is 139 Å². The number of aryl methyl sites for hydroxylation is 1. The fraction of sp³-hybridized carbons (Fsp3) is 0.579. The summed E-state index contributed by atoms with van der Waals surface area (Å²) in [6.07, 6.45) is 7.09. The third-order valence-corrected chi connectivity index (χ3v) is 3.94. The van der Waals surface area contributed by atoms with E-state index in [4.69, 9.17) is 15.9 Å². The lowest BCUT2D eigenvalue weighted by Gasteiger charge is -2.27. The molecule has 1 aliphatic rings. The molecular weight excluding hydrogens is 290 g/mol. The summed E-state index contributed by atoms with van der Waals surface area (Å²) in [6.45, 7) is 5.63. The van der Waals surface area contributed by atoms with E-state index >= 15 is 0 Å². The van der Waals surface area contributed by atoms with Gasteiger partial charge in [-0.15, -0.1) is 6.42 Å². The number of benzene rings is 1. The highest BCUT2D eigenvalue weighted by atomic mass is 16.5. The van der Waals surface area contributed by atoms with Gasteiger partial charge >= 0.3 is 0 Å². The predicted octanol–water partition coefficient (Wildman–Crippen LogP) is 1.99. The maximum absolute atomic E-state index is 10.2. The topological polar surface area (TPSA) is 41.9 Å². The molecule has 126 valence electrons. The highest BCUT2D eigenvalue weighted by molar-refractivity contribution is 5.22. The van der Waals surface area contributed by atoms with Gasteiger partial charge in [-0.05, 0) is 25.3 Å². The first-order valence-corrected chi connectivity index (χ1v) is 8.26. The van der Waals surface area contributed by atoms with Crippen LogP contribution in [0.5, 0.6) is 0 Å². The molecular formula is C19H27NO3. The lowest BCUT2D eigenvalue weighted by Crippen LogP contribution is -2.39. The average Bonchev–Trinajstić information content (AvgIpc) is 3.00. The number of nitrogens with zero attached hydrogens (tertiary/aromatic N) is 1. The predicted molar refractivity (Wildman–Crippen MR) is 91.1 cm³/mol. The summed E-state index contributed by atoms with van der Waals surface area (Å²) in [4.78, 5) is 2.24. The third kappa shape index (κ3) is 6.72. The second-order valence-electron chi connectivity index (χ2n) is 6.19. The van der Waals surface area contributed by atoms with E-state index in [1.165, 1.54) is 11.1 Å². The van der Waals surface area contributed by atoms with E-state index in [2.05, 4.69) is 42.0 Å². The quantitative estimate of drug-likeness (QED) is 0.559. The van der Waals surface area contributed by atoms with Gasteiger partial charge in [0.15, 0.2) is 0 Å². The molecule has 0 amide bonds. The number of hydrogen-bond acceptors (Lipinski definition) is 4. The molecule has 1 heterocycles. The van der Waals surface area contributed by atoms with Gasteiger partial charge in [0, 0.05) is 26.2 Å². The number of terminal acetylenes is 1. The van der Waals surface area contributed by atoms with Crippen molar-refractivity contribution in [3.05, 3.63) is 35.4 Å². The van der Waals surface area contributed by atoms with Gasteiger partial charge in [-0.25, -0.2) is 0 Å². The Morgan fingerprint density at radius 3 is 3.09 bits per heavy atom. The molecule has 0 spiro atoms.